The van der Waals surface area contributed by atoms with E-state index in [4.69, 9.17) is 0 Å². The van der Waals surface area contributed by atoms with Gasteiger partial charge in [0.1, 0.15) is 6.54 Å². The van der Waals surface area contributed by atoms with E-state index in [2.05, 4.69) is 21.2 Å². The van der Waals surface area contributed by atoms with Crippen molar-refractivity contribution in [1.82, 2.24) is 5.32 Å². The van der Waals surface area contributed by atoms with E-state index in [-0.39, 0.29) is 17.2 Å². The molecule has 0 aromatic heterocycles. The number of halogens is 4. The maximum Gasteiger partial charge on any atom is 0.405 e. The SMILES string of the molecule is Cc1ccc(C(=O)NCC(F)(F)F)cc1NC(=O)CSc1ccc(Br)cc1C. The van der Waals surface area contributed by atoms with Crippen molar-refractivity contribution in [1.29, 1.82) is 0 Å². The van der Waals surface area contributed by atoms with E-state index in [1.807, 2.05) is 30.4 Å². The number of amides is 2. The molecule has 0 saturated heterocycles. The predicted molar refractivity (Wildman–Crippen MR) is 108 cm³/mol. The number of carbonyl (C=O) groups is 2. The molecule has 4 nitrogen and oxygen atoms in total. The van der Waals surface area contributed by atoms with Crippen molar-refractivity contribution < 1.29 is 22.8 Å². The molecule has 0 aliphatic heterocycles. The zero-order valence-corrected chi connectivity index (χ0v) is 17.5. The van der Waals surface area contributed by atoms with Crippen molar-refractivity contribution in [2.45, 2.75) is 24.9 Å². The molecular formula is C19H18BrF3N2O2S. The van der Waals surface area contributed by atoms with Gasteiger partial charge in [-0.25, -0.2) is 0 Å². The van der Waals surface area contributed by atoms with Gasteiger partial charge in [-0.05, 0) is 55.3 Å². The van der Waals surface area contributed by atoms with Crippen LogP contribution in [-0.2, 0) is 4.79 Å². The van der Waals surface area contributed by atoms with Gasteiger partial charge in [-0.15, -0.1) is 11.8 Å². The number of aryl methyl sites for hydroxylation is 2. The highest BCUT2D eigenvalue weighted by molar-refractivity contribution is 9.10. The molecule has 9 heteroatoms. The van der Waals surface area contributed by atoms with Gasteiger partial charge < -0.3 is 10.6 Å². The van der Waals surface area contributed by atoms with Crippen LogP contribution < -0.4 is 10.6 Å². The average Bonchev–Trinajstić information content (AvgIpc) is 2.60. The van der Waals surface area contributed by atoms with Crippen LogP contribution in [0.25, 0.3) is 0 Å². The van der Waals surface area contributed by atoms with Crippen LogP contribution >= 0.6 is 27.7 Å². The molecule has 2 rings (SSSR count). The van der Waals surface area contributed by atoms with Gasteiger partial charge in [0.15, 0.2) is 0 Å². The van der Waals surface area contributed by atoms with Gasteiger partial charge in [-0.3, -0.25) is 9.59 Å². The Morgan fingerprint density at radius 1 is 1.07 bits per heavy atom. The monoisotopic (exact) mass is 474 g/mol. The first-order valence-corrected chi connectivity index (χ1v) is 9.97. The number of anilines is 1. The summed E-state index contributed by atoms with van der Waals surface area (Å²) in [6.07, 6.45) is -4.49. The van der Waals surface area contributed by atoms with E-state index in [1.54, 1.807) is 13.0 Å². The average molecular weight is 475 g/mol. The molecule has 0 aliphatic carbocycles. The lowest BCUT2D eigenvalue weighted by Gasteiger charge is -2.12. The van der Waals surface area contributed by atoms with E-state index in [0.717, 1.165) is 14.9 Å². The third-order valence-corrected chi connectivity index (χ3v) is 5.39. The number of alkyl halides is 3. The second-order valence-corrected chi connectivity index (χ2v) is 8.01. The van der Waals surface area contributed by atoms with Gasteiger partial charge in [-0.1, -0.05) is 22.0 Å². The molecule has 2 aromatic carbocycles. The Hall–Kier alpha value is -2.00. The predicted octanol–water partition coefficient (Wildman–Crippen LogP) is 5.09. The fraction of sp³-hybridized carbons (Fsp3) is 0.263. The summed E-state index contributed by atoms with van der Waals surface area (Å²) in [5, 5.41) is 4.52. The van der Waals surface area contributed by atoms with E-state index in [0.29, 0.717) is 11.3 Å². The van der Waals surface area contributed by atoms with Crippen LogP contribution in [0.4, 0.5) is 18.9 Å². The van der Waals surface area contributed by atoms with Gasteiger partial charge in [0.05, 0.1) is 5.75 Å². The molecule has 28 heavy (non-hydrogen) atoms. The first-order chi connectivity index (χ1) is 13.0. The Morgan fingerprint density at radius 3 is 2.43 bits per heavy atom. The van der Waals surface area contributed by atoms with Crippen molar-refractivity contribution in [2.24, 2.45) is 0 Å². The minimum absolute atomic E-state index is 0.0431. The Labute approximate surface area is 173 Å². The van der Waals surface area contributed by atoms with Crippen LogP contribution in [0.1, 0.15) is 21.5 Å². The lowest BCUT2D eigenvalue weighted by atomic mass is 10.1. The first kappa shape index (κ1) is 22.3. The first-order valence-electron chi connectivity index (χ1n) is 8.19. The molecule has 0 aliphatic rings. The van der Waals surface area contributed by atoms with Crippen molar-refractivity contribution in [3.05, 3.63) is 57.6 Å². The number of benzene rings is 2. The standard InChI is InChI=1S/C19H18BrF3N2O2S/c1-11-3-4-13(18(27)24-10-19(21,22)23)8-15(11)25-17(26)9-28-16-6-5-14(20)7-12(16)2/h3-8H,9-10H2,1-2H3,(H,24,27)(H,25,26). The summed E-state index contributed by atoms with van der Waals surface area (Å²) in [6.45, 7) is 2.27. The molecule has 0 atom stereocenters. The number of thioether (sulfide) groups is 1. The van der Waals surface area contributed by atoms with Crippen LogP contribution in [-0.4, -0.2) is 30.3 Å². The molecule has 150 valence electrons. The summed E-state index contributed by atoms with van der Waals surface area (Å²) in [7, 11) is 0. The zero-order valence-electron chi connectivity index (χ0n) is 15.1. The Balaban J connectivity index is 2.00. The largest absolute Gasteiger partial charge is 0.405 e. The van der Waals surface area contributed by atoms with E-state index < -0.39 is 18.6 Å². The second kappa shape index (κ2) is 9.47. The van der Waals surface area contributed by atoms with Gasteiger partial charge in [0.2, 0.25) is 5.91 Å². The highest BCUT2D eigenvalue weighted by Gasteiger charge is 2.28. The molecule has 2 amide bonds. The highest BCUT2D eigenvalue weighted by atomic mass is 79.9. The van der Waals surface area contributed by atoms with Crippen molar-refractivity contribution in [3.8, 4) is 0 Å². The van der Waals surface area contributed by atoms with E-state index in [9.17, 15) is 22.8 Å². The molecular weight excluding hydrogens is 457 g/mol. The fourth-order valence-electron chi connectivity index (χ4n) is 2.28. The van der Waals surface area contributed by atoms with Crippen molar-refractivity contribution in [2.75, 3.05) is 17.6 Å². The topological polar surface area (TPSA) is 58.2 Å². The Bertz CT molecular complexity index is 888. The molecule has 0 unspecified atom stereocenters. The van der Waals surface area contributed by atoms with Crippen molar-refractivity contribution >= 4 is 45.2 Å². The summed E-state index contributed by atoms with van der Waals surface area (Å²) < 4.78 is 37.7. The Morgan fingerprint density at radius 2 is 1.79 bits per heavy atom. The fourth-order valence-corrected chi connectivity index (χ4v) is 3.57. The van der Waals surface area contributed by atoms with Crippen LogP contribution in [0.15, 0.2) is 45.8 Å². The second-order valence-electron chi connectivity index (χ2n) is 6.07. The lowest BCUT2D eigenvalue weighted by Crippen LogP contribution is -2.33. The van der Waals surface area contributed by atoms with Gasteiger partial charge in [-0.2, -0.15) is 13.2 Å². The van der Waals surface area contributed by atoms with Crippen LogP contribution in [0, 0.1) is 13.8 Å². The number of nitrogens with one attached hydrogen (secondary N) is 2. The maximum atomic E-state index is 12.3. The smallest absolute Gasteiger partial charge is 0.343 e. The summed E-state index contributed by atoms with van der Waals surface area (Å²) in [6, 6.07) is 10.1. The molecule has 0 fully saturated rings. The van der Waals surface area contributed by atoms with Gasteiger partial charge in [0, 0.05) is 20.6 Å². The summed E-state index contributed by atoms with van der Waals surface area (Å²) >= 11 is 4.76. The highest BCUT2D eigenvalue weighted by Crippen LogP contribution is 2.26. The van der Waals surface area contributed by atoms with E-state index >= 15 is 0 Å². The van der Waals surface area contributed by atoms with Crippen molar-refractivity contribution in [3.63, 3.8) is 0 Å². The molecule has 2 N–H and O–H groups in total. The number of hydrogen-bond donors (Lipinski definition) is 2. The minimum Gasteiger partial charge on any atom is -0.343 e. The summed E-state index contributed by atoms with van der Waals surface area (Å²) in [5.74, 6) is -0.970. The van der Waals surface area contributed by atoms with Crippen LogP contribution in [0.3, 0.4) is 0 Å². The summed E-state index contributed by atoms with van der Waals surface area (Å²) in [4.78, 5) is 25.1. The third-order valence-electron chi connectivity index (χ3n) is 3.72. The van der Waals surface area contributed by atoms with Crippen LogP contribution in [0.2, 0.25) is 0 Å². The third kappa shape index (κ3) is 6.87. The maximum absolute atomic E-state index is 12.3. The quantitative estimate of drug-likeness (QED) is 0.573. The normalized spacial score (nSPS) is 11.2. The number of rotatable bonds is 6. The van der Waals surface area contributed by atoms with E-state index in [1.165, 1.54) is 23.9 Å². The number of carbonyl (C=O) groups excluding carboxylic acids is 2. The molecule has 0 saturated carbocycles. The van der Waals surface area contributed by atoms with Gasteiger partial charge >= 0.3 is 6.18 Å². The minimum atomic E-state index is -4.49. The molecule has 0 spiro atoms. The molecule has 0 heterocycles. The molecule has 2 aromatic rings. The number of hydrogen-bond acceptors (Lipinski definition) is 3. The van der Waals surface area contributed by atoms with Gasteiger partial charge in [0.25, 0.3) is 5.91 Å². The Kier molecular flexibility index (Phi) is 7.54. The molecule has 0 bridgehead atoms. The molecule has 0 radical (unpaired) electrons. The van der Waals surface area contributed by atoms with Crippen LogP contribution in [0.5, 0.6) is 0 Å². The zero-order chi connectivity index (χ0) is 20.9. The summed E-state index contributed by atoms with van der Waals surface area (Å²) in [5.41, 5.74) is 2.16. The lowest BCUT2D eigenvalue weighted by molar-refractivity contribution is -0.123.